The van der Waals surface area contributed by atoms with Crippen molar-refractivity contribution in [3.8, 4) is 22.6 Å². The Morgan fingerprint density at radius 2 is 1.71 bits per heavy atom. The molecule has 156 valence electrons. The van der Waals surface area contributed by atoms with E-state index in [1.54, 1.807) is 47.0 Å². The minimum absolute atomic E-state index is 0.261. The van der Waals surface area contributed by atoms with Gasteiger partial charge >= 0.3 is 0 Å². The zero-order valence-corrected chi connectivity index (χ0v) is 17.6. The second kappa shape index (κ2) is 8.53. The number of Topliss-reactive ketones (excluding diaryl/α,β-unsaturated/α-hetero) is 1. The lowest BCUT2D eigenvalue weighted by molar-refractivity contribution is -0.112. The van der Waals surface area contributed by atoms with Gasteiger partial charge in [-0.15, -0.1) is 0 Å². The minimum Gasteiger partial charge on any atom is -0.497 e. The van der Waals surface area contributed by atoms with Crippen molar-refractivity contribution in [1.82, 2.24) is 4.40 Å². The number of ketones is 1. The first-order valence-electron chi connectivity index (χ1n) is 9.45. The van der Waals surface area contributed by atoms with E-state index < -0.39 is 11.7 Å². The number of benzene rings is 2. The number of pyridine rings is 1. The van der Waals surface area contributed by atoms with Crippen LogP contribution in [0, 0.1) is 0 Å². The minimum atomic E-state index is -0.786. The van der Waals surface area contributed by atoms with Crippen LogP contribution >= 0.6 is 11.6 Å². The van der Waals surface area contributed by atoms with E-state index in [4.69, 9.17) is 21.1 Å². The van der Waals surface area contributed by atoms with Crippen LogP contribution in [0.5, 0.6) is 11.5 Å². The fourth-order valence-corrected chi connectivity index (χ4v) is 3.53. The number of amides is 1. The molecule has 2 heterocycles. The van der Waals surface area contributed by atoms with Crippen molar-refractivity contribution < 1.29 is 19.1 Å². The number of carbonyl (C=O) groups excluding carboxylic acids is 2. The number of ether oxygens (including phenoxy) is 2. The van der Waals surface area contributed by atoms with Gasteiger partial charge in [0.25, 0.3) is 11.7 Å². The number of aromatic nitrogens is 1. The van der Waals surface area contributed by atoms with Gasteiger partial charge in [0.2, 0.25) is 0 Å². The van der Waals surface area contributed by atoms with Gasteiger partial charge in [-0.05, 0) is 48.0 Å². The number of hydrogen-bond acceptors (Lipinski definition) is 4. The molecule has 2 aromatic heterocycles. The zero-order valence-electron chi connectivity index (χ0n) is 16.9. The van der Waals surface area contributed by atoms with E-state index in [2.05, 4.69) is 5.32 Å². The van der Waals surface area contributed by atoms with Crippen LogP contribution in [0.1, 0.15) is 10.5 Å². The van der Waals surface area contributed by atoms with Gasteiger partial charge in [-0.25, -0.2) is 0 Å². The zero-order chi connectivity index (χ0) is 22.0. The Hall–Kier alpha value is -3.77. The van der Waals surface area contributed by atoms with Crippen molar-refractivity contribution in [3.63, 3.8) is 0 Å². The summed E-state index contributed by atoms with van der Waals surface area (Å²) in [4.78, 5) is 26.3. The SMILES string of the molecule is COc1ccc(OC)c(NC(=O)C(=O)c2c(-c3ccc(Cl)cc3)cc3ccccn23)c1. The van der Waals surface area contributed by atoms with Gasteiger partial charge < -0.3 is 19.2 Å². The normalized spacial score (nSPS) is 10.7. The molecule has 4 aromatic rings. The van der Waals surface area contributed by atoms with Crippen LogP contribution in [0.4, 0.5) is 5.69 Å². The molecule has 1 amide bonds. The van der Waals surface area contributed by atoms with E-state index in [-0.39, 0.29) is 5.69 Å². The van der Waals surface area contributed by atoms with Crippen LogP contribution in [-0.2, 0) is 4.79 Å². The van der Waals surface area contributed by atoms with E-state index in [0.717, 1.165) is 11.1 Å². The summed E-state index contributed by atoms with van der Waals surface area (Å²) in [6, 6.07) is 19.5. The molecule has 0 fully saturated rings. The van der Waals surface area contributed by atoms with Crippen LogP contribution in [0.15, 0.2) is 72.9 Å². The second-order valence-corrected chi connectivity index (χ2v) is 7.19. The van der Waals surface area contributed by atoms with E-state index in [9.17, 15) is 9.59 Å². The third-order valence-electron chi connectivity index (χ3n) is 4.91. The molecule has 0 atom stereocenters. The largest absolute Gasteiger partial charge is 0.497 e. The first-order chi connectivity index (χ1) is 15.0. The number of carbonyl (C=O) groups is 2. The van der Waals surface area contributed by atoms with Crippen molar-refractivity contribution in [2.45, 2.75) is 0 Å². The van der Waals surface area contributed by atoms with Gasteiger partial charge in [0, 0.05) is 28.4 Å². The molecule has 0 bridgehead atoms. The molecule has 31 heavy (non-hydrogen) atoms. The summed E-state index contributed by atoms with van der Waals surface area (Å²) >= 11 is 6.02. The number of hydrogen-bond donors (Lipinski definition) is 1. The summed E-state index contributed by atoms with van der Waals surface area (Å²) in [5, 5.41) is 3.24. The van der Waals surface area contributed by atoms with Crippen LogP contribution in [-0.4, -0.2) is 30.3 Å². The van der Waals surface area contributed by atoms with Crippen LogP contribution in [0.25, 0.3) is 16.6 Å². The number of rotatable bonds is 6. The molecule has 0 saturated heterocycles. The highest BCUT2D eigenvalue weighted by atomic mass is 35.5. The maximum absolute atomic E-state index is 13.3. The molecule has 0 unspecified atom stereocenters. The van der Waals surface area contributed by atoms with Crippen LogP contribution in [0.2, 0.25) is 5.02 Å². The molecule has 0 aliphatic heterocycles. The first-order valence-corrected chi connectivity index (χ1v) is 9.83. The van der Waals surface area contributed by atoms with Crippen LogP contribution in [0.3, 0.4) is 0 Å². The van der Waals surface area contributed by atoms with Crippen molar-refractivity contribution in [2.24, 2.45) is 0 Å². The molecule has 0 aliphatic rings. The third-order valence-corrected chi connectivity index (χ3v) is 5.16. The molecular weight excluding hydrogens is 416 g/mol. The number of methoxy groups -OCH3 is 2. The molecule has 0 spiro atoms. The van der Waals surface area contributed by atoms with Crippen molar-refractivity contribution in [2.75, 3.05) is 19.5 Å². The van der Waals surface area contributed by atoms with Gasteiger partial charge in [-0.1, -0.05) is 29.8 Å². The van der Waals surface area contributed by atoms with Gasteiger partial charge in [-0.3, -0.25) is 9.59 Å². The number of fused-ring (bicyclic) bond motifs is 1. The highest BCUT2D eigenvalue weighted by Gasteiger charge is 2.25. The predicted molar refractivity (Wildman–Crippen MR) is 120 cm³/mol. The molecule has 1 N–H and O–H groups in total. The maximum atomic E-state index is 13.3. The van der Waals surface area contributed by atoms with Gasteiger partial charge in [-0.2, -0.15) is 0 Å². The second-order valence-electron chi connectivity index (χ2n) is 6.76. The van der Waals surface area contributed by atoms with E-state index in [1.165, 1.54) is 14.2 Å². The van der Waals surface area contributed by atoms with E-state index >= 15 is 0 Å². The van der Waals surface area contributed by atoms with E-state index in [1.807, 2.05) is 30.3 Å². The van der Waals surface area contributed by atoms with Crippen molar-refractivity contribution >= 4 is 34.5 Å². The van der Waals surface area contributed by atoms with Crippen molar-refractivity contribution in [1.29, 1.82) is 0 Å². The Morgan fingerprint density at radius 1 is 0.935 bits per heavy atom. The Bertz CT molecular complexity index is 1280. The smallest absolute Gasteiger partial charge is 0.298 e. The molecule has 0 radical (unpaired) electrons. The summed E-state index contributed by atoms with van der Waals surface area (Å²) in [6.45, 7) is 0. The summed E-state index contributed by atoms with van der Waals surface area (Å²) in [5.74, 6) is -0.523. The lowest BCUT2D eigenvalue weighted by atomic mass is 10.0. The Labute approximate surface area is 184 Å². The highest BCUT2D eigenvalue weighted by Crippen LogP contribution is 2.31. The average molecular weight is 435 g/mol. The summed E-state index contributed by atoms with van der Waals surface area (Å²) in [7, 11) is 3.00. The average Bonchev–Trinajstić information content (AvgIpc) is 3.18. The van der Waals surface area contributed by atoms with Gasteiger partial charge in [0.15, 0.2) is 0 Å². The number of nitrogens with one attached hydrogen (secondary N) is 1. The Morgan fingerprint density at radius 3 is 2.42 bits per heavy atom. The molecule has 0 saturated carbocycles. The summed E-state index contributed by atoms with van der Waals surface area (Å²) < 4.78 is 12.2. The molecule has 2 aromatic carbocycles. The summed E-state index contributed by atoms with van der Waals surface area (Å²) in [5.41, 5.74) is 2.82. The lowest BCUT2D eigenvalue weighted by Gasteiger charge is -2.12. The maximum Gasteiger partial charge on any atom is 0.298 e. The monoisotopic (exact) mass is 434 g/mol. The lowest BCUT2D eigenvalue weighted by Crippen LogP contribution is -2.25. The fourth-order valence-electron chi connectivity index (χ4n) is 3.40. The highest BCUT2D eigenvalue weighted by molar-refractivity contribution is 6.47. The molecule has 7 heteroatoms. The standard InChI is InChI=1S/C24H19ClN2O4/c1-30-18-10-11-21(31-2)20(14-18)26-24(29)23(28)22-19(15-6-8-16(25)9-7-15)13-17-5-3-4-12-27(17)22/h3-14H,1-2H3,(H,26,29). The number of anilines is 1. The molecule has 4 rings (SSSR count). The van der Waals surface area contributed by atoms with Gasteiger partial charge in [0.05, 0.1) is 19.9 Å². The third kappa shape index (κ3) is 3.98. The van der Waals surface area contributed by atoms with Crippen LogP contribution < -0.4 is 14.8 Å². The van der Waals surface area contributed by atoms with Gasteiger partial charge in [0.1, 0.15) is 17.2 Å². The molecular formula is C24H19ClN2O4. The summed E-state index contributed by atoms with van der Waals surface area (Å²) in [6.07, 6.45) is 1.75. The molecule has 0 aliphatic carbocycles. The Balaban J connectivity index is 1.76. The first kappa shape index (κ1) is 20.5. The topological polar surface area (TPSA) is 69.0 Å². The predicted octanol–water partition coefficient (Wildman–Crippen LogP) is 5.10. The number of halogens is 1. The Kier molecular flexibility index (Phi) is 5.64. The quantitative estimate of drug-likeness (QED) is 0.338. The molecule has 6 nitrogen and oxygen atoms in total. The van der Waals surface area contributed by atoms with E-state index in [0.29, 0.717) is 27.8 Å². The fraction of sp³-hybridized carbons (Fsp3) is 0.0833. The van der Waals surface area contributed by atoms with Crippen molar-refractivity contribution in [3.05, 3.63) is 83.6 Å². The number of nitrogens with zero attached hydrogens (tertiary/aromatic N) is 1.